The fraction of sp³-hybridized carbons (Fsp3) is 0.818. The maximum Gasteiger partial charge on any atom is 0.225 e. The molecule has 3 nitrogen and oxygen atoms in total. The smallest absolute Gasteiger partial charge is 0.225 e. The van der Waals surface area contributed by atoms with E-state index in [0.29, 0.717) is 6.42 Å². The molecule has 1 atom stereocenters. The summed E-state index contributed by atoms with van der Waals surface area (Å²) in [6.45, 7) is 5.57. The highest BCUT2D eigenvalue weighted by Gasteiger charge is 2.28. The molecular weight excluding hydrogens is 178 g/mol. The van der Waals surface area contributed by atoms with Gasteiger partial charge in [0.1, 0.15) is 0 Å². The largest absolute Gasteiger partial charge is 0.346 e. The molecule has 0 saturated heterocycles. The number of carbonyl (C=O) groups is 2. The first-order valence-electron chi connectivity index (χ1n) is 5.25. The molecule has 1 saturated carbocycles. The van der Waals surface area contributed by atoms with Gasteiger partial charge < -0.3 is 5.32 Å². The molecule has 3 heteroatoms. The Hall–Kier alpha value is -0.860. The quantitative estimate of drug-likeness (QED) is 0.695. The highest BCUT2D eigenvalue weighted by atomic mass is 16.2. The topological polar surface area (TPSA) is 46.2 Å². The summed E-state index contributed by atoms with van der Waals surface area (Å²) in [5.74, 6) is 0.159. The summed E-state index contributed by atoms with van der Waals surface area (Å²) >= 11 is 0. The molecule has 0 heterocycles. The summed E-state index contributed by atoms with van der Waals surface area (Å²) in [6, 6.07) is -0.226. The molecule has 1 unspecified atom stereocenters. The Morgan fingerprint density at radius 2 is 2.00 bits per heavy atom. The summed E-state index contributed by atoms with van der Waals surface area (Å²) in [6.07, 6.45) is 3.44. The van der Waals surface area contributed by atoms with E-state index in [9.17, 15) is 9.59 Å². The van der Waals surface area contributed by atoms with Crippen LogP contribution in [0.5, 0.6) is 0 Å². The molecular formula is C11H19NO2. The Bertz CT molecular complexity index is 240. The van der Waals surface area contributed by atoms with Gasteiger partial charge in [0, 0.05) is 11.8 Å². The maximum atomic E-state index is 11.6. The van der Waals surface area contributed by atoms with Crippen LogP contribution in [0, 0.1) is 5.41 Å². The molecule has 0 radical (unpaired) electrons. The number of nitrogens with one attached hydrogen (secondary N) is 1. The Balaban J connectivity index is 2.51. The van der Waals surface area contributed by atoms with E-state index in [-0.39, 0.29) is 17.7 Å². The second kappa shape index (κ2) is 4.11. The molecule has 1 amide bonds. The van der Waals surface area contributed by atoms with E-state index >= 15 is 0 Å². The molecule has 1 aliphatic carbocycles. The summed E-state index contributed by atoms with van der Waals surface area (Å²) in [7, 11) is 0. The second-order valence-corrected chi connectivity index (χ2v) is 4.99. The summed E-state index contributed by atoms with van der Waals surface area (Å²) < 4.78 is 0. The van der Waals surface area contributed by atoms with Gasteiger partial charge in [0.2, 0.25) is 5.91 Å². The zero-order valence-electron chi connectivity index (χ0n) is 9.22. The van der Waals surface area contributed by atoms with Crippen molar-refractivity contribution >= 4 is 11.7 Å². The van der Waals surface area contributed by atoms with Gasteiger partial charge in [-0.3, -0.25) is 9.59 Å². The third-order valence-corrected chi connectivity index (χ3v) is 2.54. The van der Waals surface area contributed by atoms with Crippen LogP contribution in [0.4, 0.5) is 0 Å². The lowest BCUT2D eigenvalue weighted by molar-refractivity contribution is -0.133. The van der Waals surface area contributed by atoms with Crippen molar-refractivity contribution in [3.8, 4) is 0 Å². The fourth-order valence-corrected chi connectivity index (χ4v) is 1.51. The van der Waals surface area contributed by atoms with Gasteiger partial charge in [-0.15, -0.1) is 0 Å². The van der Waals surface area contributed by atoms with Crippen molar-refractivity contribution in [1.82, 2.24) is 5.32 Å². The minimum absolute atomic E-state index is 0.0299. The summed E-state index contributed by atoms with van der Waals surface area (Å²) in [4.78, 5) is 23.1. The second-order valence-electron chi connectivity index (χ2n) is 4.99. The third kappa shape index (κ3) is 2.82. The van der Waals surface area contributed by atoms with Crippen LogP contribution in [0.15, 0.2) is 0 Å². The van der Waals surface area contributed by atoms with E-state index in [1.807, 2.05) is 20.8 Å². The zero-order chi connectivity index (χ0) is 10.8. The lowest BCUT2D eigenvalue weighted by atomic mass is 9.91. The number of hydrogen-bond acceptors (Lipinski definition) is 2. The van der Waals surface area contributed by atoms with Crippen LogP contribution in [-0.4, -0.2) is 17.7 Å². The first kappa shape index (κ1) is 11.2. The predicted octanol–water partition coefficient (Wildman–Crippen LogP) is 1.66. The maximum absolute atomic E-state index is 11.6. The molecule has 1 aliphatic rings. The van der Waals surface area contributed by atoms with Crippen molar-refractivity contribution in [1.29, 1.82) is 0 Å². The van der Waals surface area contributed by atoms with E-state index in [0.717, 1.165) is 19.3 Å². The minimum atomic E-state index is -0.405. The SMILES string of the molecule is CC(C)(C)C(=O)NC1CCCCC1=O. The van der Waals surface area contributed by atoms with Gasteiger partial charge in [0.25, 0.3) is 0 Å². The summed E-state index contributed by atoms with van der Waals surface area (Å²) in [5.41, 5.74) is -0.405. The van der Waals surface area contributed by atoms with Gasteiger partial charge in [-0.2, -0.15) is 0 Å². The molecule has 1 rings (SSSR count). The molecule has 14 heavy (non-hydrogen) atoms. The van der Waals surface area contributed by atoms with E-state index < -0.39 is 5.41 Å². The standard InChI is InChI=1S/C11H19NO2/c1-11(2,3)10(14)12-8-6-4-5-7-9(8)13/h8H,4-7H2,1-3H3,(H,12,14). The molecule has 1 fully saturated rings. The number of Topliss-reactive ketones (excluding diaryl/α,β-unsaturated/α-hetero) is 1. The number of ketones is 1. The van der Waals surface area contributed by atoms with Gasteiger partial charge in [0.05, 0.1) is 6.04 Å². The Morgan fingerprint density at radius 1 is 1.36 bits per heavy atom. The number of rotatable bonds is 1. The van der Waals surface area contributed by atoms with E-state index in [1.54, 1.807) is 0 Å². The average Bonchev–Trinajstić information content (AvgIpc) is 2.07. The van der Waals surface area contributed by atoms with Crippen LogP contribution in [-0.2, 0) is 9.59 Å². The lowest BCUT2D eigenvalue weighted by Gasteiger charge is -2.25. The molecule has 1 N–H and O–H groups in total. The van der Waals surface area contributed by atoms with Gasteiger partial charge >= 0.3 is 0 Å². The van der Waals surface area contributed by atoms with E-state index in [1.165, 1.54) is 0 Å². The first-order valence-corrected chi connectivity index (χ1v) is 5.25. The summed E-state index contributed by atoms with van der Waals surface area (Å²) in [5, 5.41) is 2.82. The number of amides is 1. The molecule has 0 aromatic rings. The average molecular weight is 197 g/mol. The first-order chi connectivity index (χ1) is 6.41. The van der Waals surface area contributed by atoms with Gasteiger partial charge in [-0.05, 0) is 12.8 Å². The molecule has 80 valence electrons. The normalized spacial score (nSPS) is 23.4. The molecule has 0 bridgehead atoms. The van der Waals surface area contributed by atoms with Crippen molar-refractivity contribution in [3.05, 3.63) is 0 Å². The lowest BCUT2D eigenvalue weighted by Crippen LogP contribution is -2.46. The highest BCUT2D eigenvalue weighted by Crippen LogP contribution is 2.18. The van der Waals surface area contributed by atoms with Crippen LogP contribution in [0.3, 0.4) is 0 Å². The van der Waals surface area contributed by atoms with Crippen LogP contribution in [0.1, 0.15) is 46.5 Å². The van der Waals surface area contributed by atoms with Crippen molar-refractivity contribution in [2.45, 2.75) is 52.5 Å². The number of hydrogen-bond donors (Lipinski definition) is 1. The van der Waals surface area contributed by atoms with Crippen LogP contribution in [0.2, 0.25) is 0 Å². The van der Waals surface area contributed by atoms with Gasteiger partial charge in [-0.25, -0.2) is 0 Å². The molecule has 0 aromatic heterocycles. The number of carbonyl (C=O) groups excluding carboxylic acids is 2. The zero-order valence-corrected chi connectivity index (χ0v) is 9.22. The van der Waals surface area contributed by atoms with Crippen molar-refractivity contribution in [2.75, 3.05) is 0 Å². The van der Waals surface area contributed by atoms with Crippen molar-refractivity contribution in [2.24, 2.45) is 5.41 Å². The minimum Gasteiger partial charge on any atom is -0.346 e. The monoisotopic (exact) mass is 197 g/mol. The van der Waals surface area contributed by atoms with Crippen LogP contribution < -0.4 is 5.32 Å². The van der Waals surface area contributed by atoms with Gasteiger partial charge in [0.15, 0.2) is 5.78 Å². The Labute approximate surface area is 85.3 Å². The van der Waals surface area contributed by atoms with E-state index in [2.05, 4.69) is 5.32 Å². The van der Waals surface area contributed by atoms with Crippen LogP contribution in [0.25, 0.3) is 0 Å². The van der Waals surface area contributed by atoms with Crippen LogP contribution >= 0.6 is 0 Å². The van der Waals surface area contributed by atoms with Gasteiger partial charge in [-0.1, -0.05) is 27.2 Å². The Kier molecular flexibility index (Phi) is 3.29. The molecule has 0 spiro atoms. The van der Waals surface area contributed by atoms with Crippen molar-refractivity contribution < 1.29 is 9.59 Å². The molecule has 0 aliphatic heterocycles. The Morgan fingerprint density at radius 3 is 2.50 bits per heavy atom. The van der Waals surface area contributed by atoms with Crippen molar-refractivity contribution in [3.63, 3.8) is 0 Å². The predicted molar refractivity (Wildman–Crippen MR) is 54.9 cm³/mol. The molecule has 0 aromatic carbocycles. The third-order valence-electron chi connectivity index (χ3n) is 2.54. The highest BCUT2D eigenvalue weighted by molar-refractivity contribution is 5.91. The van der Waals surface area contributed by atoms with E-state index in [4.69, 9.17) is 0 Å². The fourth-order valence-electron chi connectivity index (χ4n) is 1.51.